The van der Waals surface area contributed by atoms with Gasteiger partial charge in [0.15, 0.2) is 0 Å². The van der Waals surface area contributed by atoms with Crippen LogP contribution in [0.5, 0.6) is 0 Å². The molecule has 0 atom stereocenters. The van der Waals surface area contributed by atoms with E-state index in [-0.39, 0.29) is 6.79 Å². The quantitative estimate of drug-likeness (QED) is 0.289. The molecule has 0 heterocycles. The summed E-state index contributed by atoms with van der Waals surface area (Å²) in [6.45, 7) is 0.364. The van der Waals surface area contributed by atoms with Crippen molar-refractivity contribution in [1.29, 1.82) is 0 Å². The molecule has 0 N–H and O–H groups in total. The third-order valence-electron chi connectivity index (χ3n) is 0.181. The Kier molecular flexibility index (Phi) is 5.30. The van der Waals surface area contributed by atoms with Gasteiger partial charge in [0.1, 0.15) is 23.0 Å². The van der Waals surface area contributed by atoms with Gasteiger partial charge in [0.2, 0.25) is 6.79 Å². The zero-order valence-corrected chi connectivity index (χ0v) is 5.04. The standard InChI is InChI=1S/C2H3IO3/c3-6-2-5-1-4/h1H,2H2. The maximum atomic E-state index is 9.26. The fourth-order valence-corrected chi connectivity index (χ4v) is 0.200. The van der Waals surface area contributed by atoms with E-state index in [0.717, 1.165) is 0 Å². The van der Waals surface area contributed by atoms with Gasteiger partial charge in [0.05, 0.1) is 0 Å². The van der Waals surface area contributed by atoms with E-state index in [1.54, 1.807) is 23.0 Å². The average molecular weight is 202 g/mol. The Balaban J connectivity index is 2.49. The van der Waals surface area contributed by atoms with Crippen molar-refractivity contribution in [2.75, 3.05) is 6.79 Å². The molecule has 3 nitrogen and oxygen atoms in total. The fraction of sp³-hybridized carbons (Fsp3) is 0.500. The highest BCUT2D eigenvalue weighted by Gasteiger charge is 1.71. The van der Waals surface area contributed by atoms with Crippen LogP contribution in [0.1, 0.15) is 0 Å². The van der Waals surface area contributed by atoms with E-state index in [4.69, 9.17) is 0 Å². The van der Waals surface area contributed by atoms with Crippen LogP contribution in [0.2, 0.25) is 0 Å². The highest BCUT2D eigenvalue weighted by Crippen LogP contribution is 1.81. The number of hydrogen-bond acceptors (Lipinski definition) is 3. The van der Waals surface area contributed by atoms with E-state index in [0.29, 0.717) is 6.47 Å². The van der Waals surface area contributed by atoms with Crippen molar-refractivity contribution in [2.24, 2.45) is 0 Å². The molecule has 0 aliphatic carbocycles. The van der Waals surface area contributed by atoms with Crippen LogP contribution in [0.3, 0.4) is 0 Å². The van der Waals surface area contributed by atoms with Crippen molar-refractivity contribution in [3.63, 3.8) is 0 Å². The first-order valence-electron chi connectivity index (χ1n) is 1.20. The molecule has 0 radical (unpaired) electrons. The molecule has 0 fully saturated rings. The molecule has 0 amide bonds. The van der Waals surface area contributed by atoms with Crippen LogP contribution in [0, 0.1) is 0 Å². The number of halogens is 1. The molecular formula is C2H3IO3. The molecule has 0 rings (SSSR count). The van der Waals surface area contributed by atoms with Crippen LogP contribution in [0.25, 0.3) is 0 Å². The van der Waals surface area contributed by atoms with Crippen molar-refractivity contribution >= 4 is 29.5 Å². The second-order valence-corrected chi connectivity index (χ2v) is 1.11. The van der Waals surface area contributed by atoms with Gasteiger partial charge in [-0.1, -0.05) is 0 Å². The predicted molar refractivity (Wildman–Crippen MR) is 27.1 cm³/mol. The van der Waals surface area contributed by atoms with Crippen molar-refractivity contribution in [1.82, 2.24) is 0 Å². The molecule has 36 valence electrons. The van der Waals surface area contributed by atoms with E-state index in [1.807, 2.05) is 0 Å². The minimum atomic E-state index is 0.0318. The summed E-state index contributed by atoms with van der Waals surface area (Å²) in [5, 5.41) is 0. The number of carbonyl (C=O) groups is 1. The molecule has 4 heteroatoms. The highest BCUT2D eigenvalue weighted by molar-refractivity contribution is 14.1. The van der Waals surface area contributed by atoms with E-state index in [2.05, 4.69) is 7.80 Å². The Labute approximate surface area is 49.3 Å². The van der Waals surface area contributed by atoms with Gasteiger partial charge in [0, 0.05) is 0 Å². The van der Waals surface area contributed by atoms with Crippen molar-refractivity contribution in [3.05, 3.63) is 0 Å². The molecule has 0 aliphatic rings. The summed E-state index contributed by atoms with van der Waals surface area (Å²) in [7, 11) is 0. The van der Waals surface area contributed by atoms with Crippen LogP contribution < -0.4 is 0 Å². The largest absolute Gasteiger partial charge is 0.440 e. The molecule has 0 aromatic carbocycles. The van der Waals surface area contributed by atoms with E-state index < -0.39 is 0 Å². The second kappa shape index (κ2) is 5.16. The minimum absolute atomic E-state index is 0.0318. The van der Waals surface area contributed by atoms with Gasteiger partial charge in [0.25, 0.3) is 6.47 Å². The second-order valence-electron chi connectivity index (χ2n) is 0.490. The molecule has 0 aliphatic heterocycles. The first-order valence-corrected chi connectivity index (χ1v) is 2.08. The van der Waals surface area contributed by atoms with Gasteiger partial charge in [-0.25, -0.2) is 0 Å². The summed E-state index contributed by atoms with van der Waals surface area (Å²) in [5.74, 6) is 0. The lowest BCUT2D eigenvalue weighted by Gasteiger charge is -1.86. The first-order chi connectivity index (χ1) is 2.91. The average Bonchev–Trinajstić information content (AvgIpc) is 1.61. The van der Waals surface area contributed by atoms with Gasteiger partial charge in [-0.3, -0.25) is 7.86 Å². The van der Waals surface area contributed by atoms with Gasteiger partial charge >= 0.3 is 0 Å². The van der Waals surface area contributed by atoms with E-state index in [1.165, 1.54) is 0 Å². The van der Waals surface area contributed by atoms with E-state index >= 15 is 0 Å². The molecule has 0 saturated carbocycles. The summed E-state index contributed by atoms with van der Waals surface area (Å²) in [6.07, 6.45) is 0. The molecule has 0 aromatic heterocycles. The Bertz CT molecular complexity index is 37.8. The lowest BCUT2D eigenvalue weighted by atomic mass is 11.4. The highest BCUT2D eigenvalue weighted by atomic mass is 127. The Hall–Kier alpha value is 0.160. The van der Waals surface area contributed by atoms with Crippen LogP contribution >= 0.6 is 23.0 Å². The number of rotatable bonds is 3. The zero-order chi connectivity index (χ0) is 4.83. The van der Waals surface area contributed by atoms with Crippen LogP contribution in [0.15, 0.2) is 0 Å². The lowest BCUT2D eigenvalue weighted by Crippen LogP contribution is -1.87. The van der Waals surface area contributed by atoms with Crippen LogP contribution in [0.4, 0.5) is 0 Å². The third-order valence-corrected chi connectivity index (χ3v) is 0.435. The maximum absolute atomic E-state index is 9.26. The molecule has 0 aromatic rings. The molecular weight excluding hydrogens is 199 g/mol. The lowest BCUT2D eigenvalue weighted by molar-refractivity contribution is -0.133. The first kappa shape index (κ1) is 6.16. The van der Waals surface area contributed by atoms with Crippen molar-refractivity contribution in [3.8, 4) is 0 Å². The van der Waals surface area contributed by atoms with Gasteiger partial charge < -0.3 is 4.74 Å². The number of ether oxygens (including phenoxy) is 1. The summed E-state index contributed by atoms with van der Waals surface area (Å²) >= 11 is 1.63. The zero-order valence-electron chi connectivity index (χ0n) is 2.89. The predicted octanol–water partition coefficient (Wildman–Crippen LogP) is 0.484. The number of hydrogen-bond donors (Lipinski definition) is 0. The molecule has 0 unspecified atom stereocenters. The van der Waals surface area contributed by atoms with Gasteiger partial charge in [-0.15, -0.1) is 0 Å². The molecule has 6 heavy (non-hydrogen) atoms. The summed E-state index contributed by atoms with van der Waals surface area (Å²) < 4.78 is 8.37. The van der Waals surface area contributed by atoms with Crippen LogP contribution in [-0.4, -0.2) is 13.3 Å². The fourth-order valence-electron chi connectivity index (χ4n) is 0.0535. The molecule has 0 saturated heterocycles. The molecule has 0 bridgehead atoms. The number of carbonyl (C=O) groups excluding carboxylic acids is 1. The van der Waals surface area contributed by atoms with Crippen molar-refractivity contribution in [2.45, 2.75) is 0 Å². The van der Waals surface area contributed by atoms with Gasteiger partial charge in [-0.2, -0.15) is 0 Å². The summed E-state index contributed by atoms with van der Waals surface area (Å²) in [5.41, 5.74) is 0. The maximum Gasteiger partial charge on any atom is 0.295 e. The monoisotopic (exact) mass is 202 g/mol. The van der Waals surface area contributed by atoms with Gasteiger partial charge in [-0.05, 0) is 0 Å². The Morgan fingerprint density at radius 2 is 2.50 bits per heavy atom. The van der Waals surface area contributed by atoms with E-state index in [9.17, 15) is 4.79 Å². The summed E-state index contributed by atoms with van der Waals surface area (Å²) in [4.78, 5) is 9.26. The van der Waals surface area contributed by atoms with Crippen molar-refractivity contribution < 1.29 is 12.6 Å². The third kappa shape index (κ3) is 4.16. The Morgan fingerprint density at radius 1 is 1.83 bits per heavy atom. The summed E-state index contributed by atoms with van der Waals surface area (Å²) in [6, 6.07) is 0. The normalized spacial score (nSPS) is 7.50. The topological polar surface area (TPSA) is 35.5 Å². The Morgan fingerprint density at radius 3 is 2.67 bits per heavy atom. The smallest absolute Gasteiger partial charge is 0.295 e. The van der Waals surface area contributed by atoms with Crippen LogP contribution in [-0.2, 0) is 12.6 Å². The minimum Gasteiger partial charge on any atom is -0.440 e. The SMILES string of the molecule is O=COCOI. The molecule has 0 spiro atoms.